The monoisotopic (exact) mass is 406 g/mol. The summed E-state index contributed by atoms with van der Waals surface area (Å²) in [4.78, 5) is 24.2. The van der Waals surface area contributed by atoms with Crippen LogP contribution in [0.25, 0.3) is 0 Å². The van der Waals surface area contributed by atoms with E-state index in [2.05, 4.69) is 26.6 Å². The third-order valence-electron chi connectivity index (χ3n) is 3.46. The van der Waals surface area contributed by atoms with Gasteiger partial charge in [0, 0.05) is 21.8 Å². The minimum absolute atomic E-state index is 0.145. The highest BCUT2D eigenvalue weighted by atomic mass is 79.9. The summed E-state index contributed by atoms with van der Waals surface area (Å²) in [6.45, 7) is 1.78. The van der Waals surface area contributed by atoms with Crippen LogP contribution in [0.4, 0.5) is 5.69 Å². The van der Waals surface area contributed by atoms with Crippen molar-refractivity contribution in [2.24, 2.45) is 0 Å². The summed E-state index contributed by atoms with van der Waals surface area (Å²) in [5.41, 5.74) is 2.02. The number of nitrogens with one attached hydrogen (secondary N) is 2. The van der Waals surface area contributed by atoms with Crippen LogP contribution < -0.4 is 20.1 Å². The predicted molar refractivity (Wildman–Crippen MR) is 99.4 cm³/mol. The van der Waals surface area contributed by atoms with E-state index in [-0.39, 0.29) is 18.4 Å². The standard InChI is InChI=1S/C18H19BrN2O4/c1-11-6-13(4-5-16(11)19)21-17(22)10-20-18(23)12-7-14(24-2)9-15(8-12)25-3/h4-9H,10H2,1-3H3,(H,20,23)(H,21,22). The second kappa shape index (κ2) is 8.53. The fourth-order valence-corrected chi connectivity index (χ4v) is 2.38. The Morgan fingerprint density at radius 2 is 1.68 bits per heavy atom. The van der Waals surface area contributed by atoms with Crippen molar-refractivity contribution in [2.45, 2.75) is 6.92 Å². The van der Waals surface area contributed by atoms with E-state index in [4.69, 9.17) is 9.47 Å². The average Bonchev–Trinajstić information content (AvgIpc) is 2.62. The molecule has 2 N–H and O–H groups in total. The number of carbonyl (C=O) groups excluding carboxylic acids is 2. The fourth-order valence-electron chi connectivity index (χ4n) is 2.13. The van der Waals surface area contributed by atoms with Crippen LogP contribution in [0.15, 0.2) is 40.9 Å². The Balaban J connectivity index is 1.97. The Hall–Kier alpha value is -2.54. The lowest BCUT2D eigenvalue weighted by Gasteiger charge is -2.10. The Labute approximate surface area is 154 Å². The van der Waals surface area contributed by atoms with Crippen LogP contribution in [0.5, 0.6) is 11.5 Å². The van der Waals surface area contributed by atoms with Crippen molar-refractivity contribution in [2.75, 3.05) is 26.1 Å². The van der Waals surface area contributed by atoms with E-state index in [0.717, 1.165) is 10.0 Å². The van der Waals surface area contributed by atoms with Gasteiger partial charge in [-0.05, 0) is 42.8 Å². The molecule has 2 aromatic carbocycles. The van der Waals surface area contributed by atoms with Crippen molar-refractivity contribution in [3.05, 3.63) is 52.0 Å². The largest absolute Gasteiger partial charge is 0.497 e. The molecule has 0 atom stereocenters. The molecule has 0 aromatic heterocycles. The maximum Gasteiger partial charge on any atom is 0.251 e. The summed E-state index contributed by atoms with van der Waals surface area (Å²) in [5.74, 6) is 0.294. The molecular formula is C18H19BrN2O4. The Morgan fingerprint density at radius 3 is 2.24 bits per heavy atom. The zero-order chi connectivity index (χ0) is 18.4. The lowest BCUT2D eigenvalue weighted by molar-refractivity contribution is -0.115. The second-order valence-corrected chi connectivity index (χ2v) is 6.15. The Morgan fingerprint density at radius 1 is 1.04 bits per heavy atom. The van der Waals surface area contributed by atoms with Crippen molar-refractivity contribution < 1.29 is 19.1 Å². The molecule has 0 fully saturated rings. The van der Waals surface area contributed by atoms with Gasteiger partial charge in [0.2, 0.25) is 5.91 Å². The molecule has 0 saturated heterocycles. The van der Waals surface area contributed by atoms with E-state index in [9.17, 15) is 9.59 Å². The third kappa shape index (κ3) is 5.22. The van der Waals surface area contributed by atoms with Crippen LogP contribution in [0, 0.1) is 6.92 Å². The van der Waals surface area contributed by atoms with Gasteiger partial charge in [0.05, 0.1) is 20.8 Å². The topological polar surface area (TPSA) is 76.7 Å². The SMILES string of the molecule is COc1cc(OC)cc(C(=O)NCC(=O)Nc2ccc(Br)c(C)c2)c1. The van der Waals surface area contributed by atoms with Crippen molar-refractivity contribution in [1.29, 1.82) is 0 Å². The summed E-state index contributed by atoms with van der Waals surface area (Å²) in [7, 11) is 3.01. The lowest BCUT2D eigenvalue weighted by Crippen LogP contribution is -2.32. The molecule has 6 nitrogen and oxygen atoms in total. The number of hydrogen-bond acceptors (Lipinski definition) is 4. The summed E-state index contributed by atoms with van der Waals surface area (Å²) in [6, 6.07) is 10.3. The molecule has 0 spiro atoms. The minimum Gasteiger partial charge on any atom is -0.497 e. The van der Waals surface area contributed by atoms with E-state index in [0.29, 0.717) is 22.7 Å². The predicted octanol–water partition coefficient (Wildman–Crippen LogP) is 3.14. The molecular weight excluding hydrogens is 388 g/mol. The minimum atomic E-state index is -0.390. The quantitative estimate of drug-likeness (QED) is 0.772. The lowest BCUT2D eigenvalue weighted by atomic mass is 10.2. The number of benzene rings is 2. The summed E-state index contributed by atoms with van der Waals surface area (Å²) < 4.78 is 11.2. The second-order valence-electron chi connectivity index (χ2n) is 5.30. The highest BCUT2D eigenvalue weighted by Gasteiger charge is 2.11. The normalized spacial score (nSPS) is 10.1. The van der Waals surface area contributed by atoms with Gasteiger partial charge in [0.1, 0.15) is 11.5 Å². The van der Waals surface area contributed by atoms with Crippen LogP contribution in [0.2, 0.25) is 0 Å². The first-order valence-electron chi connectivity index (χ1n) is 7.50. The summed E-state index contributed by atoms with van der Waals surface area (Å²) >= 11 is 3.40. The van der Waals surface area contributed by atoms with E-state index in [1.807, 2.05) is 19.1 Å². The first-order chi connectivity index (χ1) is 11.9. The zero-order valence-corrected chi connectivity index (χ0v) is 15.8. The molecule has 2 aromatic rings. The molecule has 0 saturated carbocycles. The number of methoxy groups -OCH3 is 2. The number of ether oxygens (including phenoxy) is 2. The fraction of sp³-hybridized carbons (Fsp3) is 0.222. The van der Waals surface area contributed by atoms with Crippen LogP contribution in [-0.2, 0) is 4.79 Å². The van der Waals surface area contributed by atoms with Gasteiger partial charge in [-0.3, -0.25) is 9.59 Å². The first-order valence-corrected chi connectivity index (χ1v) is 8.29. The molecule has 0 aliphatic rings. The molecule has 0 unspecified atom stereocenters. The maximum absolute atomic E-state index is 12.2. The van der Waals surface area contributed by atoms with Gasteiger partial charge in [0.15, 0.2) is 0 Å². The van der Waals surface area contributed by atoms with Gasteiger partial charge in [-0.25, -0.2) is 0 Å². The number of anilines is 1. The van der Waals surface area contributed by atoms with Crippen molar-refractivity contribution in [3.8, 4) is 11.5 Å². The van der Waals surface area contributed by atoms with E-state index < -0.39 is 0 Å². The third-order valence-corrected chi connectivity index (χ3v) is 4.35. The van der Waals surface area contributed by atoms with Gasteiger partial charge in [-0.15, -0.1) is 0 Å². The van der Waals surface area contributed by atoms with Crippen LogP contribution in [0.1, 0.15) is 15.9 Å². The molecule has 25 heavy (non-hydrogen) atoms. The van der Waals surface area contributed by atoms with E-state index in [1.54, 1.807) is 24.3 Å². The molecule has 0 bridgehead atoms. The molecule has 132 valence electrons. The number of aryl methyl sites for hydroxylation is 1. The van der Waals surface area contributed by atoms with Gasteiger partial charge in [-0.1, -0.05) is 15.9 Å². The number of amides is 2. The van der Waals surface area contributed by atoms with E-state index >= 15 is 0 Å². The Kier molecular flexibility index (Phi) is 6.41. The molecule has 0 aliphatic carbocycles. The Bertz CT molecular complexity index is 770. The summed E-state index contributed by atoms with van der Waals surface area (Å²) in [6.07, 6.45) is 0. The number of rotatable bonds is 6. The molecule has 0 radical (unpaired) electrons. The molecule has 0 aliphatic heterocycles. The van der Waals surface area contributed by atoms with Crippen molar-refractivity contribution in [1.82, 2.24) is 5.32 Å². The van der Waals surface area contributed by atoms with Gasteiger partial charge < -0.3 is 20.1 Å². The first kappa shape index (κ1) is 18.8. The van der Waals surface area contributed by atoms with Crippen LogP contribution >= 0.6 is 15.9 Å². The number of halogens is 1. The number of carbonyl (C=O) groups is 2. The molecule has 2 amide bonds. The van der Waals surface area contributed by atoms with Gasteiger partial charge in [0.25, 0.3) is 5.91 Å². The zero-order valence-electron chi connectivity index (χ0n) is 14.2. The van der Waals surface area contributed by atoms with Gasteiger partial charge >= 0.3 is 0 Å². The van der Waals surface area contributed by atoms with Crippen LogP contribution in [-0.4, -0.2) is 32.6 Å². The summed E-state index contributed by atoms with van der Waals surface area (Å²) in [5, 5.41) is 5.31. The maximum atomic E-state index is 12.2. The van der Waals surface area contributed by atoms with Crippen LogP contribution in [0.3, 0.4) is 0 Å². The molecule has 2 rings (SSSR count). The highest BCUT2D eigenvalue weighted by molar-refractivity contribution is 9.10. The number of hydrogen-bond donors (Lipinski definition) is 2. The van der Waals surface area contributed by atoms with E-state index in [1.165, 1.54) is 14.2 Å². The van der Waals surface area contributed by atoms with Gasteiger partial charge in [-0.2, -0.15) is 0 Å². The highest BCUT2D eigenvalue weighted by Crippen LogP contribution is 2.22. The average molecular weight is 407 g/mol. The van der Waals surface area contributed by atoms with Crippen molar-refractivity contribution >= 4 is 33.4 Å². The molecule has 0 heterocycles. The molecule has 7 heteroatoms. The smallest absolute Gasteiger partial charge is 0.251 e. The van der Waals surface area contributed by atoms with Crippen molar-refractivity contribution in [3.63, 3.8) is 0 Å².